The Kier molecular flexibility index (Phi) is 5.80. The van der Waals surface area contributed by atoms with Crippen LogP contribution in [-0.4, -0.2) is 63.1 Å². The fraction of sp³-hybridized carbons (Fsp3) is 0.421. The molecule has 11 heteroatoms. The molecule has 160 valence electrons. The third-order valence-electron chi connectivity index (χ3n) is 5.04. The molecule has 1 fully saturated rings. The van der Waals surface area contributed by atoms with E-state index in [0.29, 0.717) is 29.8 Å². The van der Waals surface area contributed by atoms with Crippen LogP contribution in [-0.2, 0) is 13.6 Å². The van der Waals surface area contributed by atoms with E-state index in [-0.39, 0.29) is 24.3 Å². The van der Waals surface area contributed by atoms with E-state index < -0.39 is 17.4 Å². The zero-order valence-electron chi connectivity index (χ0n) is 16.5. The van der Waals surface area contributed by atoms with Crippen LogP contribution in [0.1, 0.15) is 0 Å². The monoisotopic (exact) mass is 434 g/mol. The summed E-state index contributed by atoms with van der Waals surface area (Å²) in [7, 11) is 1.56. The maximum absolute atomic E-state index is 12.6. The molecular formula is C19H23ClN6O4. The van der Waals surface area contributed by atoms with Gasteiger partial charge >= 0.3 is 5.69 Å². The average molecular weight is 435 g/mol. The first-order valence-electron chi connectivity index (χ1n) is 9.65. The number of fused-ring (bicyclic) bond motifs is 1. The average Bonchev–Trinajstić information content (AvgIpc) is 3.12. The Bertz CT molecular complexity index is 1150. The van der Waals surface area contributed by atoms with Gasteiger partial charge in [0.1, 0.15) is 18.5 Å². The number of halogens is 1. The molecule has 1 aliphatic rings. The molecule has 3 heterocycles. The largest absolute Gasteiger partial charge is 0.491 e. The van der Waals surface area contributed by atoms with E-state index in [9.17, 15) is 14.7 Å². The standard InChI is InChI=1S/C19H23ClN6O4/c1-24-16-15(17(28)23-19(24)29)26(18(22-16)25-8-6-21-7-9-25)10-13(27)11-30-14-4-2-12(20)3-5-14/h2-5,13,21,27H,6-11H2,1H3,(H,23,28,29)/t13-/m0/s1. The van der Waals surface area contributed by atoms with Gasteiger partial charge in [-0.2, -0.15) is 4.98 Å². The highest BCUT2D eigenvalue weighted by Crippen LogP contribution is 2.21. The van der Waals surface area contributed by atoms with Gasteiger partial charge in [-0.15, -0.1) is 0 Å². The zero-order valence-corrected chi connectivity index (χ0v) is 17.2. The van der Waals surface area contributed by atoms with Gasteiger partial charge < -0.3 is 24.6 Å². The van der Waals surface area contributed by atoms with Gasteiger partial charge in [-0.1, -0.05) is 11.6 Å². The second-order valence-corrected chi connectivity index (χ2v) is 7.61. The number of ether oxygens (including phenoxy) is 1. The van der Waals surface area contributed by atoms with Gasteiger partial charge in [0.05, 0.1) is 6.54 Å². The third kappa shape index (κ3) is 4.07. The van der Waals surface area contributed by atoms with Crippen LogP contribution in [0.2, 0.25) is 5.02 Å². The van der Waals surface area contributed by atoms with E-state index in [2.05, 4.69) is 15.3 Å². The summed E-state index contributed by atoms with van der Waals surface area (Å²) < 4.78 is 8.60. The Morgan fingerprint density at radius 1 is 1.23 bits per heavy atom. The molecule has 1 saturated heterocycles. The van der Waals surface area contributed by atoms with Crippen molar-refractivity contribution in [3.63, 3.8) is 0 Å². The number of aromatic nitrogens is 4. The Morgan fingerprint density at radius 3 is 2.63 bits per heavy atom. The van der Waals surface area contributed by atoms with Crippen LogP contribution in [0.25, 0.3) is 11.2 Å². The number of nitrogens with zero attached hydrogens (tertiary/aromatic N) is 4. The predicted octanol–water partition coefficient (Wildman–Crippen LogP) is -0.0738. The first-order valence-corrected chi connectivity index (χ1v) is 10.0. The van der Waals surface area contributed by atoms with Crippen molar-refractivity contribution in [3.05, 3.63) is 50.1 Å². The van der Waals surface area contributed by atoms with Crippen LogP contribution in [0.15, 0.2) is 33.9 Å². The summed E-state index contributed by atoms with van der Waals surface area (Å²) >= 11 is 5.87. The Morgan fingerprint density at radius 2 is 1.93 bits per heavy atom. The maximum atomic E-state index is 12.6. The molecule has 3 aromatic rings. The number of aryl methyl sites for hydroxylation is 1. The Labute approximate surface area is 176 Å². The topological polar surface area (TPSA) is 117 Å². The van der Waals surface area contributed by atoms with Crippen LogP contribution in [0.4, 0.5) is 5.95 Å². The van der Waals surface area contributed by atoms with Gasteiger partial charge in [-0.05, 0) is 24.3 Å². The minimum absolute atomic E-state index is 0.0198. The van der Waals surface area contributed by atoms with E-state index in [0.717, 1.165) is 13.1 Å². The van der Waals surface area contributed by atoms with Crippen LogP contribution >= 0.6 is 11.6 Å². The summed E-state index contributed by atoms with van der Waals surface area (Å²) in [6.45, 7) is 3.07. The van der Waals surface area contributed by atoms with Gasteiger partial charge in [0, 0.05) is 38.2 Å². The van der Waals surface area contributed by atoms with Crippen molar-refractivity contribution in [1.29, 1.82) is 0 Å². The lowest BCUT2D eigenvalue weighted by Crippen LogP contribution is -2.45. The number of piperazine rings is 1. The van der Waals surface area contributed by atoms with E-state index in [4.69, 9.17) is 16.3 Å². The lowest BCUT2D eigenvalue weighted by molar-refractivity contribution is 0.0936. The van der Waals surface area contributed by atoms with Gasteiger partial charge in [0.2, 0.25) is 5.95 Å². The fourth-order valence-corrected chi connectivity index (χ4v) is 3.61. The number of hydrogen-bond donors (Lipinski definition) is 3. The van der Waals surface area contributed by atoms with E-state index in [1.165, 1.54) is 4.57 Å². The quantitative estimate of drug-likeness (QED) is 0.497. The first kappa shape index (κ1) is 20.5. The van der Waals surface area contributed by atoms with Crippen LogP contribution in [0, 0.1) is 0 Å². The normalized spacial score (nSPS) is 15.5. The van der Waals surface area contributed by atoms with Crippen LogP contribution < -0.4 is 26.2 Å². The number of nitrogens with one attached hydrogen (secondary N) is 2. The number of H-pyrrole nitrogens is 1. The molecule has 1 aliphatic heterocycles. The van der Waals surface area contributed by atoms with Crippen molar-refractivity contribution in [2.24, 2.45) is 7.05 Å². The minimum atomic E-state index is -0.906. The molecule has 0 unspecified atom stereocenters. The number of aliphatic hydroxyl groups is 1. The van der Waals surface area contributed by atoms with Gasteiger partial charge in [0.25, 0.3) is 5.56 Å². The molecule has 0 bridgehead atoms. The number of benzene rings is 1. The smallest absolute Gasteiger partial charge is 0.329 e. The molecule has 0 saturated carbocycles. The Balaban J connectivity index is 1.65. The molecule has 0 aliphatic carbocycles. The number of imidazole rings is 1. The van der Waals surface area contributed by atoms with E-state index >= 15 is 0 Å². The number of anilines is 1. The fourth-order valence-electron chi connectivity index (χ4n) is 3.49. The number of aromatic amines is 1. The minimum Gasteiger partial charge on any atom is -0.491 e. The Hall–Kier alpha value is -2.82. The maximum Gasteiger partial charge on any atom is 0.329 e. The predicted molar refractivity (Wildman–Crippen MR) is 114 cm³/mol. The molecule has 2 aromatic heterocycles. The highest BCUT2D eigenvalue weighted by Gasteiger charge is 2.24. The lowest BCUT2D eigenvalue weighted by Gasteiger charge is -2.29. The van der Waals surface area contributed by atoms with E-state index in [1.807, 2.05) is 4.90 Å². The second-order valence-electron chi connectivity index (χ2n) is 7.17. The van der Waals surface area contributed by atoms with Crippen LogP contribution in [0.5, 0.6) is 5.75 Å². The molecule has 4 rings (SSSR count). The van der Waals surface area contributed by atoms with E-state index in [1.54, 1.807) is 35.9 Å². The van der Waals surface area contributed by atoms with Gasteiger partial charge in [0.15, 0.2) is 11.2 Å². The third-order valence-corrected chi connectivity index (χ3v) is 5.29. The lowest BCUT2D eigenvalue weighted by atomic mass is 10.3. The molecule has 3 N–H and O–H groups in total. The summed E-state index contributed by atoms with van der Waals surface area (Å²) in [5.74, 6) is 1.13. The molecule has 0 radical (unpaired) electrons. The molecule has 1 atom stereocenters. The van der Waals surface area contributed by atoms with Crippen molar-refractivity contribution < 1.29 is 9.84 Å². The summed E-state index contributed by atoms with van der Waals surface area (Å²) in [4.78, 5) is 33.5. The summed E-state index contributed by atoms with van der Waals surface area (Å²) in [5, 5.41) is 14.5. The number of hydrogen-bond acceptors (Lipinski definition) is 7. The molecular weight excluding hydrogens is 412 g/mol. The van der Waals surface area contributed by atoms with Crippen molar-refractivity contribution in [1.82, 2.24) is 24.4 Å². The van der Waals surface area contributed by atoms with Crippen LogP contribution in [0.3, 0.4) is 0 Å². The molecule has 30 heavy (non-hydrogen) atoms. The summed E-state index contributed by atoms with van der Waals surface area (Å²) in [5.41, 5.74) is -0.539. The van der Waals surface area contributed by atoms with Crippen molar-refractivity contribution in [2.75, 3.05) is 37.7 Å². The highest BCUT2D eigenvalue weighted by molar-refractivity contribution is 6.30. The second kappa shape index (κ2) is 8.50. The first-order chi connectivity index (χ1) is 14.4. The zero-order chi connectivity index (χ0) is 21.3. The molecule has 10 nitrogen and oxygen atoms in total. The molecule has 1 aromatic carbocycles. The molecule has 0 spiro atoms. The number of aliphatic hydroxyl groups excluding tert-OH is 1. The van der Waals surface area contributed by atoms with Crippen molar-refractivity contribution in [3.8, 4) is 5.75 Å². The highest BCUT2D eigenvalue weighted by atomic mass is 35.5. The van der Waals surface area contributed by atoms with Crippen molar-refractivity contribution >= 4 is 28.7 Å². The number of rotatable bonds is 6. The summed E-state index contributed by atoms with van der Waals surface area (Å²) in [6.07, 6.45) is -0.906. The van der Waals surface area contributed by atoms with Gasteiger partial charge in [-0.25, -0.2) is 4.79 Å². The van der Waals surface area contributed by atoms with Crippen molar-refractivity contribution in [2.45, 2.75) is 12.6 Å². The molecule has 0 amide bonds. The summed E-state index contributed by atoms with van der Waals surface area (Å²) in [6, 6.07) is 6.84. The SMILES string of the molecule is Cn1c(=O)[nH]c(=O)c2c1nc(N1CCNCC1)n2C[C@H](O)COc1ccc(Cl)cc1. The van der Waals surface area contributed by atoms with Gasteiger partial charge in [-0.3, -0.25) is 14.3 Å².